The monoisotopic (exact) mass is 401 g/mol. The molecule has 7 nitrogen and oxygen atoms in total. The second-order valence-corrected chi connectivity index (χ2v) is 8.39. The highest BCUT2D eigenvalue weighted by atomic mass is 32.2. The van der Waals surface area contributed by atoms with Gasteiger partial charge in [-0.1, -0.05) is 23.9 Å². The number of nitrogens with one attached hydrogen (secondary N) is 1. The van der Waals surface area contributed by atoms with Crippen molar-refractivity contribution in [3.05, 3.63) is 82.9 Å². The van der Waals surface area contributed by atoms with E-state index in [1.165, 1.54) is 36.0 Å². The molecule has 0 heterocycles. The molecule has 0 atom stereocenters. The minimum Gasteiger partial charge on any atom is -0.399 e. The Balaban J connectivity index is 1.81. The molecule has 0 radical (unpaired) electrons. The van der Waals surface area contributed by atoms with Gasteiger partial charge < -0.3 is 5.73 Å². The number of sulfonamides is 1. The molecule has 0 aliphatic rings. The minimum absolute atomic E-state index is 0.00186. The van der Waals surface area contributed by atoms with E-state index in [4.69, 9.17) is 5.73 Å². The average Bonchev–Trinajstić information content (AvgIpc) is 2.62. The predicted octanol–water partition coefficient (Wildman–Crippen LogP) is 4.13. The molecule has 0 spiro atoms. The standard InChI is InChI=1S/C18H15N3O4S2/c19-13-3-1-4-14(11-13)20-27(24,25)18-6-2-5-17(12-18)26-16-9-7-15(8-10-16)21(22)23/h1-12,20H,19H2. The van der Waals surface area contributed by atoms with Gasteiger partial charge in [0.15, 0.2) is 0 Å². The van der Waals surface area contributed by atoms with E-state index in [-0.39, 0.29) is 10.6 Å². The third-order valence-electron chi connectivity index (χ3n) is 3.54. The number of nitrogen functional groups attached to an aromatic ring is 1. The first-order valence-electron chi connectivity index (χ1n) is 7.74. The summed E-state index contributed by atoms with van der Waals surface area (Å²) in [4.78, 5) is 11.8. The lowest BCUT2D eigenvalue weighted by atomic mass is 10.3. The Hall–Kier alpha value is -3.04. The van der Waals surface area contributed by atoms with Crippen LogP contribution in [0, 0.1) is 10.1 Å². The molecule has 0 saturated heterocycles. The molecule has 9 heteroatoms. The molecule has 0 amide bonds. The van der Waals surface area contributed by atoms with Gasteiger partial charge in [0.2, 0.25) is 0 Å². The molecule has 138 valence electrons. The zero-order valence-electron chi connectivity index (χ0n) is 13.9. The van der Waals surface area contributed by atoms with Gasteiger partial charge in [-0.15, -0.1) is 0 Å². The number of rotatable bonds is 6. The smallest absolute Gasteiger partial charge is 0.269 e. The Morgan fingerprint density at radius 2 is 1.63 bits per heavy atom. The summed E-state index contributed by atoms with van der Waals surface area (Å²) in [5.74, 6) is 0. The van der Waals surface area contributed by atoms with Crippen LogP contribution >= 0.6 is 11.8 Å². The molecular formula is C18H15N3O4S2. The Kier molecular flexibility index (Phi) is 5.33. The van der Waals surface area contributed by atoms with Crippen LogP contribution in [0.25, 0.3) is 0 Å². The van der Waals surface area contributed by atoms with Crippen LogP contribution in [-0.4, -0.2) is 13.3 Å². The van der Waals surface area contributed by atoms with Crippen molar-refractivity contribution in [1.29, 1.82) is 0 Å². The second-order valence-electron chi connectivity index (χ2n) is 5.56. The van der Waals surface area contributed by atoms with Crippen molar-refractivity contribution in [2.75, 3.05) is 10.5 Å². The van der Waals surface area contributed by atoms with Gasteiger partial charge >= 0.3 is 0 Å². The lowest BCUT2D eigenvalue weighted by Crippen LogP contribution is -2.13. The van der Waals surface area contributed by atoms with Gasteiger partial charge in [-0.25, -0.2) is 8.42 Å². The molecule has 0 saturated carbocycles. The van der Waals surface area contributed by atoms with E-state index < -0.39 is 14.9 Å². The SMILES string of the molecule is Nc1cccc(NS(=O)(=O)c2cccc(Sc3ccc([N+](=O)[O-])cc3)c2)c1. The van der Waals surface area contributed by atoms with Crippen LogP contribution in [0.5, 0.6) is 0 Å². The summed E-state index contributed by atoms with van der Waals surface area (Å²) in [6, 6.07) is 19.0. The Morgan fingerprint density at radius 3 is 2.30 bits per heavy atom. The van der Waals surface area contributed by atoms with Crippen molar-refractivity contribution < 1.29 is 13.3 Å². The molecular weight excluding hydrogens is 386 g/mol. The Labute approximate surface area is 160 Å². The third kappa shape index (κ3) is 4.78. The van der Waals surface area contributed by atoms with E-state index in [9.17, 15) is 18.5 Å². The zero-order valence-corrected chi connectivity index (χ0v) is 15.5. The molecule has 0 aromatic heterocycles. The zero-order chi connectivity index (χ0) is 19.4. The van der Waals surface area contributed by atoms with Crippen LogP contribution in [0.4, 0.5) is 17.1 Å². The summed E-state index contributed by atoms with van der Waals surface area (Å²) in [5, 5.41) is 10.7. The number of nitro groups is 1. The predicted molar refractivity (Wildman–Crippen MR) is 105 cm³/mol. The van der Waals surface area contributed by atoms with Gasteiger partial charge in [0, 0.05) is 27.6 Å². The minimum atomic E-state index is -3.77. The van der Waals surface area contributed by atoms with E-state index in [1.54, 1.807) is 48.5 Å². The molecule has 0 unspecified atom stereocenters. The van der Waals surface area contributed by atoms with Crippen LogP contribution in [0.2, 0.25) is 0 Å². The first-order valence-corrected chi connectivity index (χ1v) is 10.0. The molecule has 27 heavy (non-hydrogen) atoms. The number of nitrogens with two attached hydrogens (primary N) is 1. The van der Waals surface area contributed by atoms with Gasteiger partial charge in [-0.2, -0.15) is 0 Å². The van der Waals surface area contributed by atoms with Gasteiger partial charge in [-0.05, 0) is 48.5 Å². The fraction of sp³-hybridized carbons (Fsp3) is 0. The maximum atomic E-state index is 12.6. The molecule has 0 aliphatic heterocycles. The number of anilines is 2. The average molecular weight is 401 g/mol. The quantitative estimate of drug-likeness (QED) is 0.364. The molecule has 3 aromatic carbocycles. The van der Waals surface area contributed by atoms with Gasteiger partial charge in [-0.3, -0.25) is 14.8 Å². The largest absolute Gasteiger partial charge is 0.399 e. The highest BCUT2D eigenvalue weighted by molar-refractivity contribution is 7.99. The fourth-order valence-electron chi connectivity index (χ4n) is 2.29. The normalized spacial score (nSPS) is 11.1. The molecule has 0 fully saturated rings. The van der Waals surface area contributed by atoms with Crippen LogP contribution in [0.1, 0.15) is 0 Å². The summed E-state index contributed by atoms with van der Waals surface area (Å²) in [5.41, 5.74) is 6.51. The van der Waals surface area contributed by atoms with Crippen LogP contribution in [-0.2, 0) is 10.0 Å². The van der Waals surface area contributed by atoms with E-state index in [0.717, 1.165) is 4.90 Å². The Bertz CT molecular complexity index is 1080. The maximum absolute atomic E-state index is 12.6. The van der Waals surface area contributed by atoms with Crippen molar-refractivity contribution in [3.8, 4) is 0 Å². The van der Waals surface area contributed by atoms with Crippen molar-refractivity contribution >= 4 is 38.8 Å². The van der Waals surface area contributed by atoms with E-state index in [2.05, 4.69) is 4.72 Å². The topological polar surface area (TPSA) is 115 Å². The third-order valence-corrected chi connectivity index (χ3v) is 5.91. The molecule has 0 aliphatic carbocycles. The molecule has 3 N–H and O–H groups in total. The van der Waals surface area contributed by atoms with Crippen molar-refractivity contribution in [2.24, 2.45) is 0 Å². The number of hydrogen-bond acceptors (Lipinski definition) is 6. The maximum Gasteiger partial charge on any atom is 0.269 e. The summed E-state index contributed by atoms with van der Waals surface area (Å²) in [6.45, 7) is 0. The molecule has 3 aromatic rings. The fourth-order valence-corrected chi connectivity index (χ4v) is 4.34. The highest BCUT2D eigenvalue weighted by Crippen LogP contribution is 2.30. The van der Waals surface area contributed by atoms with E-state index >= 15 is 0 Å². The number of benzene rings is 3. The highest BCUT2D eigenvalue weighted by Gasteiger charge is 2.15. The summed E-state index contributed by atoms with van der Waals surface area (Å²) in [7, 11) is -3.77. The van der Waals surface area contributed by atoms with Crippen molar-refractivity contribution in [1.82, 2.24) is 0 Å². The lowest BCUT2D eigenvalue weighted by Gasteiger charge is -2.10. The van der Waals surface area contributed by atoms with Crippen molar-refractivity contribution in [3.63, 3.8) is 0 Å². The van der Waals surface area contributed by atoms with Crippen LogP contribution in [0.15, 0.2) is 87.5 Å². The van der Waals surface area contributed by atoms with Gasteiger partial charge in [0.25, 0.3) is 15.7 Å². The van der Waals surface area contributed by atoms with E-state index in [1.807, 2.05) is 0 Å². The summed E-state index contributed by atoms with van der Waals surface area (Å²) >= 11 is 1.31. The van der Waals surface area contributed by atoms with E-state index in [0.29, 0.717) is 16.3 Å². The summed E-state index contributed by atoms with van der Waals surface area (Å²) < 4.78 is 27.7. The van der Waals surface area contributed by atoms with Crippen LogP contribution < -0.4 is 10.5 Å². The second kappa shape index (κ2) is 7.68. The number of nitrogens with zero attached hydrogens (tertiary/aromatic N) is 1. The Morgan fingerprint density at radius 1 is 0.926 bits per heavy atom. The molecule has 3 rings (SSSR count). The first-order chi connectivity index (χ1) is 12.8. The summed E-state index contributed by atoms with van der Waals surface area (Å²) in [6.07, 6.45) is 0. The van der Waals surface area contributed by atoms with Crippen LogP contribution in [0.3, 0.4) is 0 Å². The number of non-ortho nitro benzene ring substituents is 1. The first kappa shape index (κ1) is 18.7. The number of nitro benzene ring substituents is 1. The van der Waals surface area contributed by atoms with Gasteiger partial charge in [0.1, 0.15) is 0 Å². The number of hydrogen-bond donors (Lipinski definition) is 2. The van der Waals surface area contributed by atoms with Crippen molar-refractivity contribution in [2.45, 2.75) is 14.7 Å². The van der Waals surface area contributed by atoms with Gasteiger partial charge in [0.05, 0.1) is 15.5 Å². The lowest BCUT2D eigenvalue weighted by molar-refractivity contribution is -0.384. The molecule has 0 bridgehead atoms.